The Balaban J connectivity index is 1.48. The number of unbranched alkanes of at least 4 members (excludes halogenated alkanes) is 1. The van der Waals surface area contributed by atoms with Crippen molar-refractivity contribution < 1.29 is 18.8 Å². The third kappa shape index (κ3) is 5.42. The van der Waals surface area contributed by atoms with Crippen LogP contribution in [0.25, 0.3) is 0 Å². The Bertz CT molecular complexity index is 1370. The van der Waals surface area contributed by atoms with Crippen molar-refractivity contribution in [2.75, 3.05) is 15.5 Å². The van der Waals surface area contributed by atoms with Gasteiger partial charge in [-0.25, -0.2) is 9.29 Å². The summed E-state index contributed by atoms with van der Waals surface area (Å²) in [5.74, 6) is -2.52. The number of halogens is 3. The van der Waals surface area contributed by atoms with Gasteiger partial charge in [-0.1, -0.05) is 54.7 Å². The van der Waals surface area contributed by atoms with Crippen molar-refractivity contribution in [3.05, 3.63) is 99.4 Å². The zero-order valence-electron chi connectivity index (χ0n) is 19.3. The molecule has 1 aliphatic rings. The van der Waals surface area contributed by atoms with E-state index < -0.39 is 17.6 Å². The van der Waals surface area contributed by atoms with Gasteiger partial charge in [0.15, 0.2) is 0 Å². The van der Waals surface area contributed by atoms with Crippen LogP contribution in [0.1, 0.15) is 35.7 Å². The van der Waals surface area contributed by atoms with E-state index in [1.165, 1.54) is 23.8 Å². The molecule has 3 aromatic rings. The molecule has 0 atom stereocenters. The Kier molecular flexibility index (Phi) is 7.72. The van der Waals surface area contributed by atoms with Crippen LogP contribution in [0.4, 0.5) is 21.5 Å². The van der Waals surface area contributed by atoms with E-state index in [2.05, 4.69) is 17.6 Å². The molecule has 0 radical (unpaired) electrons. The molecule has 1 aliphatic heterocycles. The monoisotopic (exact) mass is 525 g/mol. The molecule has 1 heterocycles. The first-order valence-corrected chi connectivity index (χ1v) is 12.0. The number of nitrogens with one attached hydrogen (secondary N) is 2. The molecule has 0 bridgehead atoms. The summed E-state index contributed by atoms with van der Waals surface area (Å²) in [5, 5.41) is 5.11. The van der Waals surface area contributed by atoms with Crippen molar-refractivity contribution in [2.24, 2.45) is 0 Å². The highest BCUT2D eigenvalue weighted by Crippen LogP contribution is 2.32. The third-order valence-corrected chi connectivity index (χ3v) is 6.25. The topological polar surface area (TPSA) is 78.5 Å². The van der Waals surface area contributed by atoms with Crippen LogP contribution in [0.2, 0.25) is 5.02 Å². The molecule has 0 fully saturated rings. The summed E-state index contributed by atoms with van der Waals surface area (Å²) in [6.07, 6.45) is 3.21. The van der Waals surface area contributed by atoms with Gasteiger partial charge in [-0.15, -0.1) is 0 Å². The van der Waals surface area contributed by atoms with Crippen LogP contribution in [0.3, 0.4) is 0 Å². The molecule has 0 spiro atoms. The predicted molar refractivity (Wildman–Crippen MR) is 140 cm³/mol. The Labute approximate surface area is 217 Å². The van der Waals surface area contributed by atoms with Crippen molar-refractivity contribution in [2.45, 2.75) is 26.2 Å². The molecular weight excluding hydrogens is 504 g/mol. The van der Waals surface area contributed by atoms with Crippen molar-refractivity contribution >= 4 is 58.0 Å². The molecule has 3 aromatic carbocycles. The highest BCUT2D eigenvalue weighted by molar-refractivity contribution is 6.53. The second kappa shape index (κ2) is 10.9. The lowest BCUT2D eigenvalue weighted by Gasteiger charge is -2.15. The number of anilines is 3. The first kappa shape index (κ1) is 25.4. The van der Waals surface area contributed by atoms with Gasteiger partial charge in [0.2, 0.25) is 0 Å². The average Bonchev–Trinajstić information content (AvgIpc) is 3.08. The summed E-state index contributed by atoms with van der Waals surface area (Å²) in [5.41, 5.74) is 2.51. The average molecular weight is 526 g/mol. The first-order chi connectivity index (χ1) is 17.3. The number of carbonyl (C=O) groups excluding carboxylic acids is 3. The molecule has 0 aromatic heterocycles. The number of hydrogen-bond donors (Lipinski definition) is 2. The molecule has 4 rings (SSSR count). The molecule has 36 heavy (non-hydrogen) atoms. The highest BCUT2D eigenvalue weighted by Gasteiger charge is 2.39. The Morgan fingerprint density at radius 2 is 1.69 bits per heavy atom. The van der Waals surface area contributed by atoms with Gasteiger partial charge >= 0.3 is 0 Å². The van der Waals surface area contributed by atoms with Crippen LogP contribution >= 0.6 is 23.2 Å². The number of amides is 3. The molecule has 0 unspecified atom stereocenters. The van der Waals surface area contributed by atoms with Gasteiger partial charge in [0.05, 0.1) is 10.7 Å². The van der Waals surface area contributed by atoms with Crippen LogP contribution in [0.5, 0.6) is 0 Å². The van der Waals surface area contributed by atoms with Gasteiger partial charge in [0, 0.05) is 16.9 Å². The zero-order valence-corrected chi connectivity index (χ0v) is 20.8. The predicted octanol–water partition coefficient (Wildman–Crippen LogP) is 6.51. The lowest BCUT2D eigenvalue weighted by Crippen LogP contribution is -2.32. The van der Waals surface area contributed by atoms with Gasteiger partial charge in [-0.2, -0.15) is 0 Å². The summed E-state index contributed by atoms with van der Waals surface area (Å²) >= 11 is 12.0. The minimum absolute atomic E-state index is 0.0835. The van der Waals surface area contributed by atoms with Crippen LogP contribution in [0, 0.1) is 5.82 Å². The fourth-order valence-corrected chi connectivity index (χ4v) is 4.08. The summed E-state index contributed by atoms with van der Waals surface area (Å²) in [6.45, 7) is 2.14. The number of hydrogen-bond acceptors (Lipinski definition) is 4. The number of imide groups is 1. The van der Waals surface area contributed by atoms with Gasteiger partial charge in [-0.3, -0.25) is 14.4 Å². The van der Waals surface area contributed by atoms with E-state index in [9.17, 15) is 18.8 Å². The molecule has 0 saturated carbocycles. The largest absolute Gasteiger partial charge is 0.350 e. The van der Waals surface area contributed by atoms with E-state index in [1.54, 1.807) is 18.2 Å². The van der Waals surface area contributed by atoms with E-state index in [0.717, 1.165) is 30.2 Å². The molecule has 3 amide bonds. The lowest BCUT2D eigenvalue weighted by molar-refractivity contribution is -0.120. The van der Waals surface area contributed by atoms with Gasteiger partial charge in [-0.05, 0) is 66.9 Å². The smallest absolute Gasteiger partial charge is 0.283 e. The van der Waals surface area contributed by atoms with Crippen LogP contribution in [-0.4, -0.2) is 17.7 Å². The fourth-order valence-electron chi connectivity index (χ4n) is 3.69. The minimum atomic E-state index is -0.775. The van der Waals surface area contributed by atoms with Crippen molar-refractivity contribution in [3.8, 4) is 0 Å². The molecule has 2 N–H and O–H groups in total. The summed E-state index contributed by atoms with van der Waals surface area (Å²) in [6, 6.07) is 17.6. The second-order valence-electron chi connectivity index (χ2n) is 8.19. The Hall–Kier alpha value is -3.68. The van der Waals surface area contributed by atoms with Gasteiger partial charge in [0.25, 0.3) is 17.7 Å². The van der Waals surface area contributed by atoms with Crippen LogP contribution in [0.15, 0.2) is 77.5 Å². The normalized spacial score (nSPS) is 13.4. The molecule has 0 saturated heterocycles. The standard InChI is InChI=1S/C27H22Cl2FN3O3/c1-2-3-5-16-8-10-18(11-9-16)32-25(34)17-6-4-7-19(14-17)31-24-23(29)26(35)33(27(24)36)20-12-13-22(30)21(28)15-20/h4,6-15,31H,2-3,5H2,1H3,(H,32,34). The highest BCUT2D eigenvalue weighted by atomic mass is 35.5. The van der Waals surface area contributed by atoms with Crippen molar-refractivity contribution in [3.63, 3.8) is 0 Å². The maximum Gasteiger partial charge on any atom is 0.283 e. The third-order valence-electron chi connectivity index (χ3n) is 5.61. The number of carbonyl (C=O) groups is 3. The Morgan fingerprint density at radius 1 is 0.944 bits per heavy atom. The molecule has 184 valence electrons. The molecule has 0 aliphatic carbocycles. The van der Waals surface area contributed by atoms with Gasteiger partial charge < -0.3 is 10.6 Å². The maximum atomic E-state index is 13.5. The van der Waals surface area contributed by atoms with Gasteiger partial charge in [0.1, 0.15) is 16.5 Å². The number of benzene rings is 3. The number of aryl methyl sites for hydroxylation is 1. The van der Waals surface area contributed by atoms with Crippen molar-refractivity contribution in [1.29, 1.82) is 0 Å². The van der Waals surface area contributed by atoms with E-state index >= 15 is 0 Å². The minimum Gasteiger partial charge on any atom is -0.350 e. The number of rotatable bonds is 8. The molecular formula is C27H22Cl2FN3O3. The summed E-state index contributed by atoms with van der Waals surface area (Å²) < 4.78 is 13.5. The maximum absolute atomic E-state index is 13.5. The van der Waals surface area contributed by atoms with E-state index in [1.807, 2.05) is 24.3 Å². The van der Waals surface area contributed by atoms with E-state index in [0.29, 0.717) is 16.9 Å². The summed E-state index contributed by atoms with van der Waals surface area (Å²) in [4.78, 5) is 39.2. The SMILES string of the molecule is CCCCc1ccc(NC(=O)c2cccc(NC3=C(Cl)C(=O)N(c4ccc(F)c(Cl)c4)C3=O)c2)cc1. The van der Waals surface area contributed by atoms with Crippen LogP contribution in [-0.2, 0) is 16.0 Å². The quantitative estimate of drug-likeness (QED) is 0.328. The van der Waals surface area contributed by atoms with E-state index in [-0.39, 0.29) is 27.3 Å². The first-order valence-electron chi connectivity index (χ1n) is 11.3. The van der Waals surface area contributed by atoms with Crippen LogP contribution < -0.4 is 15.5 Å². The fraction of sp³-hybridized carbons (Fsp3) is 0.148. The lowest BCUT2D eigenvalue weighted by atomic mass is 10.1. The second-order valence-corrected chi connectivity index (χ2v) is 8.98. The number of nitrogens with zero attached hydrogens (tertiary/aromatic N) is 1. The summed E-state index contributed by atoms with van der Waals surface area (Å²) in [7, 11) is 0. The molecule has 9 heteroatoms. The van der Waals surface area contributed by atoms with Crippen molar-refractivity contribution in [1.82, 2.24) is 0 Å². The molecule has 6 nitrogen and oxygen atoms in total. The Morgan fingerprint density at radius 3 is 2.39 bits per heavy atom. The van der Waals surface area contributed by atoms with E-state index in [4.69, 9.17) is 23.2 Å². The zero-order chi connectivity index (χ0) is 25.8.